The van der Waals surface area contributed by atoms with E-state index in [1.165, 1.54) is 16.3 Å². The van der Waals surface area contributed by atoms with Gasteiger partial charge in [0, 0.05) is 30.0 Å². The number of carboxylic acids is 2. The SMILES string of the molecule is O=C(O)C(=O)O.c1cncc(CNc2cccc3ccccc23)c1. The van der Waals surface area contributed by atoms with Crippen molar-refractivity contribution in [2.24, 2.45) is 0 Å². The minimum Gasteiger partial charge on any atom is -0.473 e. The van der Waals surface area contributed by atoms with Crippen LogP contribution in [0.15, 0.2) is 67.0 Å². The number of benzene rings is 2. The predicted octanol–water partition coefficient (Wildman–Crippen LogP) is 3.00. The van der Waals surface area contributed by atoms with Gasteiger partial charge < -0.3 is 15.5 Å². The van der Waals surface area contributed by atoms with Crippen molar-refractivity contribution in [3.63, 3.8) is 0 Å². The lowest BCUT2D eigenvalue weighted by molar-refractivity contribution is -0.159. The smallest absolute Gasteiger partial charge is 0.414 e. The third-order valence-corrected chi connectivity index (χ3v) is 3.18. The van der Waals surface area contributed by atoms with Crippen molar-refractivity contribution in [2.75, 3.05) is 5.32 Å². The van der Waals surface area contributed by atoms with E-state index in [-0.39, 0.29) is 0 Å². The highest BCUT2D eigenvalue weighted by Gasteiger charge is 2.04. The zero-order chi connectivity index (χ0) is 17.4. The molecule has 122 valence electrons. The van der Waals surface area contributed by atoms with Gasteiger partial charge in [0.15, 0.2) is 0 Å². The van der Waals surface area contributed by atoms with Crippen LogP contribution in [0.5, 0.6) is 0 Å². The van der Waals surface area contributed by atoms with Gasteiger partial charge in [0.1, 0.15) is 0 Å². The molecule has 3 rings (SSSR count). The Labute approximate surface area is 138 Å². The van der Waals surface area contributed by atoms with Gasteiger partial charge in [-0.3, -0.25) is 4.98 Å². The van der Waals surface area contributed by atoms with E-state index in [0.717, 1.165) is 12.2 Å². The number of nitrogens with one attached hydrogen (secondary N) is 1. The molecule has 6 nitrogen and oxygen atoms in total. The van der Waals surface area contributed by atoms with Crippen LogP contribution < -0.4 is 5.32 Å². The zero-order valence-electron chi connectivity index (χ0n) is 12.7. The van der Waals surface area contributed by atoms with Crippen molar-refractivity contribution >= 4 is 28.4 Å². The topological polar surface area (TPSA) is 99.5 Å². The lowest BCUT2D eigenvalue weighted by Gasteiger charge is -2.09. The summed E-state index contributed by atoms with van der Waals surface area (Å²) >= 11 is 0. The Morgan fingerprint density at radius 2 is 1.62 bits per heavy atom. The molecule has 0 bridgehead atoms. The Bertz CT molecular complexity index is 817. The molecular formula is C18H16N2O4. The van der Waals surface area contributed by atoms with Crippen LogP contribution in [0.2, 0.25) is 0 Å². The number of hydrogen-bond acceptors (Lipinski definition) is 4. The minimum atomic E-state index is -1.82. The van der Waals surface area contributed by atoms with Gasteiger partial charge in [-0.2, -0.15) is 0 Å². The lowest BCUT2D eigenvalue weighted by Crippen LogP contribution is -2.09. The van der Waals surface area contributed by atoms with Crippen molar-refractivity contribution in [1.29, 1.82) is 0 Å². The second kappa shape index (κ2) is 8.28. The third kappa shape index (κ3) is 4.81. The fraction of sp³-hybridized carbons (Fsp3) is 0.0556. The molecule has 0 aliphatic heterocycles. The molecule has 0 fully saturated rings. The van der Waals surface area contributed by atoms with Gasteiger partial charge in [-0.05, 0) is 23.1 Å². The number of hydrogen-bond donors (Lipinski definition) is 3. The van der Waals surface area contributed by atoms with Crippen molar-refractivity contribution < 1.29 is 19.8 Å². The molecular weight excluding hydrogens is 308 g/mol. The molecule has 0 amide bonds. The molecule has 0 radical (unpaired) electrons. The number of pyridine rings is 1. The summed E-state index contributed by atoms with van der Waals surface area (Å²) in [7, 11) is 0. The van der Waals surface area contributed by atoms with Gasteiger partial charge in [-0.25, -0.2) is 9.59 Å². The number of carbonyl (C=O) groups is 2. The fourth-order valence-electron chi connectivity index (χ4n) is 2.08. The highest BCUT2D eigenvalue weighted by atomic mass is 16.4. The molecule has 3 N–H and O–H groups in total. The van der Waals surface area contributed by atoms with E-state index in [4.69, 9.17) is 19.8 Å². The second-order valence-corrected chi connectivity index (χ2v) is 4.85. The molecule has 24 heavy (non-hydrogen) atoms. The summed E-state index contributed by atoms with van der Waals surface area (Å²) in [5.41, 5.74) is 2.35. The summed E-state index contributed by atoms with van der Waals surface area (Å²) in [5, 5.41) is 20.8. The summed E-state index contributed by atoms with van der Waals surface area (Å²) in [6.07, 6.45) is 3.68. The van der Waals surface area contributed by atoms with Gasteiger partial charge in [0.05, 0.1) is 0 Å². The van der Waals surface area contributed by atoms with Crippen LogP contribution in [0.25, 0.3) is 10.8 Å². The van der Waals surface area contributed by atoms with E-state index in [1.54, 1.807) is 6.20 Å². The standard InChI is InChI=1S/C16H14N2.C2H2O4/c1-2-8-15-14(6-1)7-3-9-16(15)18-12-13-5-4-10-17-11-13;3-1(4)2(5)6/h1-11,18H,12H2;(H,3,4)(H,5,6). The highest BCUT2D eigenvalue weighted by molar-refractivity contribution is 6.27. The summed E-state index contributed by atoms with van der Waals surface area (Å²) < 4.78 is 0. The van der Waals surface area contributed by atoms with Crippen LogP contribution >= 0.6 is 0 Å². The predicted molar refractivity (Wildman–Crippen MR) is 90.8 cm³/mol. The summed E-state index contributed by atoms with van der Waals surface area (Å²) in [5.74, 6) is -3.65. The molecule has 0 spiro atoms. The molecule has 0 saturated carbocycles. The number of carboxylic acid groups (broad SMARTS) is 2. The second-order valence-electron chi connectivity index (χ2n) is 4.85. The first kappa shape index (κ1) is 17.0. The number of aromatic nitrogens is 1. The maximum atomic E-state index is 9.10. The number of anilines is 1. The summed E-state index contributed by atoms with van der Waals surface area (Å²) in [6.45, 7) is 0.793. The molecule has 0 unspecified atom stereocenters. The largest absolute Gasteiger partial charge is 0.473 e. The first-order chi connectivity index (χ1) is 11.6. The summed E-state index contributed by atoms with van der Waals surface area (Å²) in [4.78, 5) is 22.3. The molecule has 3 aromatic rings. The van der Waals surface area contributed by atoms with E-state index in [0.29, 0.717) is 0 Å². The maximum Gasteiger partial charge on any atom is 0.414 e. The normalized spacial score (nSPS) is 9.67. The van der Waals surface area contributed by atoms with Crippen LogP contribution in [0.1, 0.15) is 5.56 Å². The Morgan fingerprint density at radius 3 is 2.29 bits per heavy atom. The van der Waals surface area contributed by atoms with E-state index in [1.807, 2.05) is 12.3 Å². The summed E-state index contributed by atoms with van der Waals surface area (Å²) in [6, 6.07) is 18.7. The maximum absolute atomic E-state index is 9.10. The first-order valence-electron chi connectivity index (χ1n) is 7.14. The van der Waals surface area contributed by atoms with Gasteiger partial charge >= 0.3 is 11.9 Å². The number of aliphatic carboxylic acids is 2. The van der Waals surface area contributed by atoms with Gasteiger partial charge in [-0.1, -0.05) is 42.5 Å². The van der Waals surface area contributed by atoms with E-state index >= 15 is 0 Å². The Kier molecular flexibility index (Phi) is 5.85. The Hall–Kier alpha value is -3.41. The molecule has 0 atom stereocenters. The lowest BCUT2D eigenvalue weighted by atomic mass is 10.1. The van der Waals surface area contributed by atoms with E-state index in [9.17, 15) is 0 Å². The molecule has 0 aliphatic carbocycles. The van der Waals surface area contributed by atoms with Crippen molar-refractivity contribution in [1.82, 2.24) is 4.98 Å². The van der Waals surface area contributed by atoms with Gasteiger partial charge in [0.2, 0.25) is 0 Å². The monoisotopic (exact) mass is 324 g/mol. The van der Waals surface area contributed by atoms with Crippen LogP contribution in [-0.2, 0) is 16.1 Å². The van der Waals surface area contributed by atoms with E-state index < -0.39 is 11.9 Å². The molecule has 2 aromatic carbocycles. The average molecular weight is 324 g/mol. The number of nitrogens with zero attached hydrogens (tertiary/aromatic N) is 1. The van der Waals surface area contributed by atoms with Gasteiger partial charge in [0.25, 0.3) is 0 Å². The van der Waals surface area contributed by atoms with Crippen LogP contribution in [0.4, 0.5) is 5.69 Å². The van der Waals surface area contributed by atoms with Crippen LogP contribution in [0.3, 0.4) is 0 Å². The number of rotatable bonds is 3. The molecule has 0 saturated heterocycles. The Balaban J connectivity index is 0.000000301. The van der Waals surface area contributed by atoms with Crippen LogP contribution in [0, 0.1) is 0 Å². The molecule has 6 heteroatoms. The molecule has 1 heterocycles. The third-order valence-electron chi connectivity index (χ3n) is 3.18. The molecule has 1 aromatic heterocycles. The minimum absolute atomic E-state index is 0.793. The number of fused-ring (bicyclic) bond motifs is 1. The van der Waals surface area contributed by atoms with E-state index in [2.05, 4.69) is 58.8 Å². The zero-order valence-corrected chi connectivity index (χ0v) is 12.7. The molecule has 0 aliphatic rings. The quantitative estimate of drug-likeness (QED) is 0.641. The fourth-order valence-corrected chi connectivity index (χ4v) is 2.08. The van der Waals surface area contributed by atoms with Gasteiger partial charge in [-0.15, -0.1) is 0 Å². The average Bonchev–Trinajstić information content (AvgIpc) is 2.61. The Morgan fingerprint density at radius 1 is 0.917 bits per heavy atom. The highest BCUT2D eigenvalue weighted by Crippen LogP contribution is 2.23. The first-order valence-corrected chi connectivity index (χ1v) is 7.14. The van der Waals surface area contributed by atoms with Crippen molar-refractivity contribution in [2.45, 2.75) is 6.54 Å². The van der Waals surface area contributed by atoms with Crippen molar-refractivity contribution in [3.05, 3.63) is 72.6 Å². The van der Waals surface area contributed by atoms with Crippen LogP contribution in [-0.4, -0.2) is 27.1 Å². The van der Waals surface area contributed by atoms with Crippen molar-refractivity contribution in [3.8, 4) is 0 Å².